The lowest BCUT2D eigenvalue weighted by molar-refractivity contribution is 0.440. The molecule has 0 aromatic heterocycles. The molecule has 0 aromatic rings. The van der Waals surface area contributed by atoms with Crippen LogP contribution in [0.4, 0.5) is 0 Å². The minimum atomic E-state index is 1.14. The summed E-state index contributed by atoms with van der Waals surface area (Å²) >= 11 is 0. The summed E-state index contributed by atoms with van der Waals surface area (Å²) in [5, 5.41) is 0. The summed E-state index contributed by atoms with van der Waals surface area (Å²) in [6.07, 6.45) is 13.8. The van der Waals surface area contributed by atoms with Crippen LogP contribution in [0.3, 0.4) is 0 Å². The first-order valence-corrected chi connectivity index (χ1v) is 6.42. The highest BCUT2D eigenvalue weighted by Gasteiger charge is 2.37. The first kappa shape index (κ1) is 9.61. The highest BCUT2D eigenvalue weighted by Crippen LogP contribution is 2.47. The summed E-state index contributed by atoms with van der Waals surface area (Å²) in [6, 6.07) is 0. The van der Waals surface area contributed by atoms with Gasteiger partial charge in [0.15, 0.2) is 0 Å². The lowest BCUT2D eigenvalue weighted by atomic mass is 9.26. The van der Waals surface area contributed by atoms with Gasteiger partial charge in [0.05, 0.1) is 0 Å². The summed E-state index contributed by atoms with van der Waals surface area (Å²) in [4.78, 5) is 0. The van der Waals surface area contributed by atoms with E-state index in [4.69, 9.17) is 0 Å². The molecule has 0 aliphatic carbocycles. The third kappa shape index (κ3) is 2.11. The van der Waals surface area contributed by atoms with Crippen molar-refractivity contribution < 1.29 is 0 Å². The fraction of sp³-hybridized carbons (Fsp3) is 1.00. The Morgan fingerprint density at radius 3 is 2.00 bits per heavy atom. The molecule has 13 heavy (non-hydrogen) atoms. The van der Waals surface area contributed by atoms with Gasteiger partial charge in [0, 0.05) is 0 Å². The average Bonchev–Trinajstić information content (AvgIpc) is 2.14. The van der Waals surface area contributed by atoms with Crippen LogP contribution in [-0.2, 0) is 0 Å². The molecule has 0 nitrogen and oxygen atoms in total. The molecule has 2 aliphatic heterocycles. The normalized spacial score (nSPS) is 33.5. The van der Waals surface area contributed by atoms with Gasteiger partial charge in [-0.25, -0.2) is 0 Å². The van der Waals surface area contributed by atoms with E-state index >= 15 is 0 Å². The fourth-order valence-corrected chi connectivity index (χ4v) is 3.73. The number of fused-ring (bicyclic) bond motifs is 2. The van der Waals surface area contributed by atoms with Crippen LogP contribution in [0.25, 0.3) is 0 Å². The fourth-order valence-electron chi connectivity index (χ4n) is 3.73. The van der Waals surface area contributed by atoms with Crippen LogP contribution in [0.5, 0.6) is 0 Å². The molecular formula is C12H23B. The lowest BCUT2D eigenvalue weighted by Gasteiger charge is -2.40. The van der Waals surface area contributed by atoms with Gasteiger partial charge in [0.25, 0.3) is 0 Å². The van der Waals surface area contributed by atoms with Crippen molar-refractivity contribution in [1.29, 1.82) is 0 Å². The first-order chi connectivity index (χ1) is 6.42. The Labute approximate surface area is 83.6 Å². The number of hydrogen-bond donors (Lipinski definition) is 0. The molecule has 0 aromatic carbocycles. The van der Waals surface area contributed by atoms with E-state index < -0.39 is 0 Å². The van der Waals surface area contributed by atoms with Crippen molar-refractivity contribution in [1.82, 2.24) is 0 Å². The van der Waals surface area contributed by atoms with E-state index in [1.807, 2.05) is 0 Å². The zero-order chi connectivity index (χ0) is 9.10. The summed E-state index contributed by atoms with van der Waals surface area (Å²) in [5.74, 6) is 2.28. The Morgan fingerprint density at radius 2 is 1.54 bits per heavy atom. The Kier molecular flexibility index (Phi) is 3.35. The van der Waals surface area contributed by atoms with Crippen LogP contribution >= 0.6 is 0 Å². The third-order valence-electron chi connectivity index (χ3n) is 4.40. The monoisotopic (exact) mass is 178 g/mol. The van der Waals surface area contributed by atoms with Crippen LogP contribution in [0.15, 0.2) is 0 Å². The topological polar surface area (TPSA) is 0 Å². The standard InChI is InChI=1S/C12H23B/c1-2-3-10-13-11-6-4-7-12(13)9-5-8-11/h11-12H,2-10H2,1H3. The molecule has 2 bridgehead atoms. The molecule has 2 heterocycles. The molecule has 1 heteroatoms. The van der Waals surface area contributed by atoms with E-state index in [0.717, 1.165) is 18.3 Å². The summed E-state index contributed by atoms with van der Waals surface area (Å²) < 4.78 is 0. The predicted molar refractivity (Wildman–Crippen MR) is 60.7 cm³/mol. The van der Waals surface area contributed by atoms with Gasteiger partial charge in [-0.3, -0.25) is 0 Å². The molecule has 0 N–H and O–H groups in total. The molecule has 0 amide bonds. The van der Waals surface area contributed by atoms with Crippen molar-refractivity contribution in [3.05, 3.63) is 0 Å². The minimum absolute atomic E-state index is 1.14. The van der Waals surface area contributed by atoms with E-state index in [0.29, 0.717) is 0 Å². The van der Waals surface area contributed by atoms with Crippen LogP contribution in [0, 0.1) is 0 Å². The second-order valence-electron chi connectivity index (χ2n) is 5.19. The molecule has 2 aliphatic rings. The van der Waals surface area contributed by atoms with Crippen molar-refractivity contribution in [3.8, 4) is 0 Å². The van der Waals surface area contributed by atoms with Crippen molar-refractivity contribution in [3.63, 3.8) is 0 Å². The van der Waals surface area contributed by atoms with Crippen LogP contribution in [0.1, 0.15) is 58.3 Å². The number of unbranched alkanes of at least 4 members (excludes halogenated alkanes) is 1. The smallest absolute Gasteiger partial charge is 0.0737 e. The highest BCUT2D eigenvalue weighted by molar-refractivity contribution is 6.62. The molecule has 74 valence electrons. The van der Waals surface area contributed by atoms with Gasteiger partial charge in [-0.05, 0) is 0 Å². The molecule has 0 saturated carbocycles. The Morgan fingerprint density at radius 1 is 1.00 bits per heavy atom. The first-order valence-electron chi connectivity index (χ1n) is 6.42. The molecule has 2 rings (SSSR count). The summed E-state index contributed by atoms with van der Waals surface area (Å²) in [7, 11) is 0. The Hall–Kier alpha value is 0.0649. The van der Waals surface area contributed by atoms with E-state index in [-0.39, 0.29) is 0 Å². The van der Waals surface area contributed by atoms with Gasteiger partial charge in [0.1, 0.15) is 6.71 Å². The third-order valence-corrected chi connectivity index (χ3v) is 4.40. The van der Waals surface area contributed by atoms with Gasteiger partial charge < -0.3 is 0 Å². The zero-order valence-electron chi connectivity index (χ0n) is 9.10. The largest absolute Gasteiger partial charge is 0.146 e. The predicted octanol–water partition coefficient (Wildman–Crippen LogP) is 4.39. The Balaban J connectivity index is 1.90. The number of rotatable bonds is 3. The van der Waals surface area contributed by atoms with Gasteiger partial charge in [-0.2, -0.15) is 0 Å². The molecule has 2 saturated heterocycles. The van der Waals surface area contributed by atoms with E-state index in [1.54, 1.807) is 32.0 Å². The second kappa shape index (κ2) is 4.53. The molecule has 0 unspecified atom stereocenters. The van der Waals surface area contributed by atoms with Gasteiger partial charge in [-0.1, -0.05) is 76.2 Å². The maximum absolute atomic E-state index is 2.33. The van der Waals surface area contributed by atoms with Crippen molar-refractivity contribution in [2.45, 2.75) is 76.2 Å². The maximum Gasteiger partial charge on any atom is 0.146 e. The average molecular weight is 178 g/mol. The van der Waals surface area contributed by atoms with Crippen LogP contribution in [0.2, 0.25) is 18.0 Å². The molecule has 2 fully saturated rings. The minimum Gasteiger partial charge on any atom is -0.0737 e. The van der Waals surface area contributed by atoms with Gasteiger partial charge in [0.2, 0.25) is 0 Å². The van der Waals surface area contributed by atoms with Gasteiger partial charge >= 0.3 is 0 Å². The van der Waals surface area contributed by atoms with Crippen LogP contribution < -0.4 is 0 Å². The second-order valence-corrected chi connectivity index (χ2v) is 5.19. The summed E-state index contributed by atoms with van der Waals surface area (Å²) in [5.41, 5.74) is 0. The van der Waals surface area contributed by atoms with E-state index in [1.165, 1.54) is 25.7 Å². The highest BCUT2D eigenvalue weighted by atomic mass is 14.2. The molecule has 0 spiro atoms. The van der Waals surface area contributed by atoms with E-state index in [9.17, 15) is 0 Å². The van der Waals surface area contributed by atoms with Crippen molar-refractivity contribution in [2.24, 2.45) is 0 Å². The van der Waals surface area contributed by atoms with Crippen molar-refractivity contribution >= 4 is 6.71 Å². The molecule has 0 radical (unpaired) electrons. The van der Waals surface area contributed by atoms with E-state index in [2.05, 4.69) is 6.92 Å². The van der Waals surface area contributed by atoms with Gasteiger partial charge in [-0.15, -0.1) is 0 Å². The zero-order valence-corrected chi connectivity index (χ0v) is 9.10. The quantitative estimate of drug-likeness (QED) is 0.562. The molecule has 0 atom stereocenters. The SMILES string of the molecule is CCCCB1C2CCCC1CCC2. The Bertz CT molecular complexity index is 133. The number of hydrogen-bond acceptors (Lipinski definition) is 0. The lowest BCUT2D eigenvalue weighted by Crippen LogP contribution is -2.34. The van der Waals surface area contributed by atoms with Crippen LogP contribution in [-0.4, -0.2) is 6.71 Å². The maximum atomic E-state index is 2.33. The molecular weight excluding hydrogens is 155 g/mol. The van der Waals surface area contributed by atoms with Crippen molar-refractivity contribution in [2.75, 3.05) is 0 Å². The summed E-state index contributed by atoms with van der Waals surface area (Å²) in [6.45, 7) is 3.47.